The zero-order valence-corrected chi connectivity index (χ0v) is 14.4. The van der Waals surface area contributed by atoms with Crippen molar-refractivity contribution in [1.82, 2.24) is 9.47 Å². The lowest BCUT2D eigenvalue weighted by Crippen LogP contribution is -2.31. The number of likely N-dealkylation sites (tertiary alicyclic amines) is 1. The van der Waals surface area contributed by atoms with Gasteiger partial charge in [0.15, 0.2) is 5.43 Å². The van der Waals surface area contributed by atoms with E-state index in [4.69, 9.17) is 0 Å². The fourth-order valence-corrected chi connectivity index (χ4v) is 3.98. The maximum atomic E-state index is 13.7. The molecule has 0 bridgehead atoms. The van der Waals surface area contributed by atoms with Crippen LogP contribution in [0.25, 0.3) is 21.8 Å². The Kier molecular flexibility index (Phi) is 4.53. The molecule has 3 aromatic rings. The Bertz CT molecular complexity index is 957. The first-order valence-corrected chi connectivity index (χ1v) is 9.17. The lowest BCUT2D eigenvalue weighted by atomic mass is 10.1. The number of fused-ring (bicyclic) bond motifs is 2. The first-order chi connectivity index (χ1) is 12.2. The van der Waals surface area contributed by atoms with Gasteiger partial charge in [-0.3, -0.25) is 4.79 Å². The summed E-state index contributed by atoms with van der Waals surface area (Å²) in [5.41, 5.74) is 1.67. The molecule has 0 N–H and O–H groups in total. The number of aryl methyl sites for hydroxylation is 1. The van der Waals surface area contributed by atoms with Gasteiger partial charge >= 0.3 is 0 Å². The number of benzene rings is 2. The predicted octanol–water partition coefficient (Wildman–Crippen LogP) is 4.17. The van der Waals surface area contributed by atoms with E-state index in [1.807, 2.05) is 24.3 Å². The van der Waals surface area contributed by atoms with E-state index in [9.17, 15) is 9.18 Å². The molecule has 0 unspecified atom stereocenters. The Morgan fingerprint density at radius 2 is 1.64 bits per heavy atom. The monoisotopic (exact) mass is 338 g/mol. The van der Waals surface area contributed by atoms with Crippen LogP contribution in [0.4, 0.5) is 4.39 Å². The van der Waals surface area contributed by atoms with Crippen molar-refractivity contribution in [2.75, 3.05) is 19.6 Å². The van der Waals surface area contributed by atoms with Crippen LogP contribution in [0.2, 0.25) is 0 Å². The van der Waals surface area contributed by atoms with Gasteiger partial charge in [-0.05, 0) is 69.2 Å². The van der Waals surface area contributed by atoms with Crippen LogP contribution >= 0.6 is 0 Å². The molecule has 3 nitrogen and oxygen atoms in total. The van der Waals surface area contributed by atoms with E-state index in [0.29, 0.717) is 10.8 Å². The third kappa shape index (κ3) is 3.19. The summed E-state index contributed by atoms with van der Waals surface area (Å²) in [5, 5.41) is 1.13. The van der Waals surface area contributed by atoms with Crippen LogP contribution in [0.3, 0.4) is 0 Å². The van der Waals surface area contributed by atoms with Gasteiger partial charge in [0.25, 0.3) is 0 Å². The second-order valence-electron chi connectivity index (χ2n) is 6.92. The summed E-state index contributed by atoms with van der Waals surface area (Å²) in [7, 11) is 0. The molecule has 1 saturated heterocycles. The number of nitrogens with zero attached hydrogens (tertiary/aromatic N) is 2. The first kappa shape index (κ1) is 16.3. The molecule has 0 amide bonds. The summed E-state index contributed by atoms with van der Waals surface area (Å²) in [6, 6.07) is 12.2. The second kappa shape index (κ2) is 6.96. The van der Waals surface area contributed by atoms with E-state index >= 15 is 0 Å². The van der Waals surface area contributed by atoms with E-state index < -0.39 is 0 Å². The number of hydrogen-bond donors (Lipinski definition) is 0. The fourth-order valence-electron chi connectivity index (χ4n) is 3.98. The first-order valence-electron chi connectivity index (χ1n) is 9.17. The van der Waals surface area contributed by atoms with E-state index in [0.717, 1.165) is 30.5 Å². The number of piperidine rings is 1. The van der Waals surface area contributed by atoms with Crippen molar-refractivity contribution < 1.29 is 4.39 Å². The number of para-hydroxylation sites is 1. The molecule has 4 rings (SSSR count). The Labute approximate surface area is 146 Å². The van der Waals surface area contributed by atoms with Gasteiger partial charge in [0.2, 0.25) is 0 Å². The van der Waals surface area contributed by atoms with Gasteiger partial charge in [0.1, 0.15) is 5.82 Å². The van der Waals surface area contributed by atoms with Gasteiger partial charge in [0, 0.05) is 17.3 Å². The third-order valence-electron chi connectivity index (χ3n) is 5.24. The van der Waals surface area contributed by atoms with Crippen LogP contribution in [0, 0.1) is 5.82 Å². The van der Waals surface area contributed by atoms with Gasteiger partial charge in [-0.25, -0.2) is 4.39 Å². The van der Waals surface area contributed by atoms with Gasteiger partial charge in [-0.1, -0.05) is 18.6 Å². The van der Waals surface area contributed by atoms with E-state index in [1.54, 1.807) is 6.07 Å². The molecule has 1 aliphatic rings. The highest BCUT2D eigenvalue weighted by atomic mass is 19.1. The average molecular weight is 338 g/mol. The van der Waals surface area contributed by atoms with Crippen LogP contribution in [0.15, 0.2) is 47.3 Å². The molecule has 25 heavy (non-hydrogen) atoms. The largest absolute Gasteiger partial charge is 0.340 e. The zero-order valence-electron chi connectivity index (χ0n) is 14.4. The van der Waals surface area contributed by atoms with Crippen LogP contribution < -0.4 is 5.43 Å². The Morgan fingerprint density at radius 1 is 0.880 bits per heavy atom. The Hall–Kier alpha value is -2.20. The molecule has 0 spiro atoms. The zero-order chi connectivity index (χ0) is 17.2. The van der Waals surface area contributed by atoms with Gasteiger partial charge in [-0.15, -0.1) is 0 Å². The van der Waals surface area contributed by atoms with Crippen LogP contribution in [-0.4, -0.2) is 29.1 Å². The molecule has 130 valence electrons. The topological polar surface area (TPSA) is 25.2 Å². The fraction of sp³-hybridized carbons (Fsp3) is 0.381. The van der Waals surface area contributed by atoms with Crippen molar-refractivity contribution in [3.63, 3.8) is 0 Å². The Balaban J connectivity index is 1.72. The summed E-state index contributed by atoms with van der Waals surface area (Å²) < 4.78 is 15.9. The molecule has 0 atom stereocenters. The maximum Gasteiger partial charge on any atom is 0.197 e. The molecule has 1 aromatic heterocycles. The van der Waals surface area contributed by atoms with E-state index in [1.165, 1.54) is 44.5 Å². The molecule has 2 aromatic carbocycles. The minimum absolute atomic E-state index is 0.0858. The minimum atomic E-state index is -0.361. The Morgan fingerprint density at radius 3 is 2.48 bits per heavy atom. The lowest BCUT2D eigenvalue weighted by molar-refractivity contribution is 0.223. The van der Waals surface area contributed by atoms with Crippen molar-refractivity contribution in [1.29, 1.82) is 0 Å². The molecular formula is C21H23FN2O. The highest BCUT2D eigenvalue weighted by Crippen LogP contribution is 2.21. The van der Waals surface area contributed by atoms with Gasteiger partial charge in [-0.2, -0.15) is 0 Å². The molecule has 0 aliphatic carbocycles. The van der Waals surface area contributed by atoms with Crippen LogP contribution in [-0.2, 0) is 6.54 Å². The van der Waals surface area contributed by atoms with Crippen molar-refractivity contribution in [2.45, 2.75) is 32.2 Å². The number of pyridine rings is 1. The van der Waals surface area contributed by atoms with Crippen LogP contribution in [0.5, 0.6) is 0 Å². The van der Waals surface area contributed by atoms with Crippen molar-refractivity contribution in [3.05, 3.63) is 58.5 Å². The van der Waals surface area contributed by atoms with Gasteiger partial charge < -0.3 is 9.47 Å². The minimum Gasteiger partial charge on any atom is -0.340 e. The van der Waals surface area contributed by atoms with E-state index in [2.05, 4.69) is 9.47 Å². The number of rotatable bonds is 4. The van der Waals surface area contributed by atoms with E-state index in [-0.39, 0.29) is 11.2 Å². The summed E-state index contributed by atoms with van der Waals surface area (Å²) in [6.45, 7) is 4.29. The van der Waals surface area contributed by atoms with Gasteiger partial charge in [0.05, 0.1) is 11.0 Å². The number of aromatic nitrogens is 1. The third-order valence-corrected chi connectivity index (χ3v) is 5.24. The number of hydrogen-bond acceptors (Lipinski definition) is 2. The molecule has 1 fully saturated rings. The maximum absolute atomic E-state index is 13.7. The summed E-state index contributed by atoms with van der Waals surface area (Å²) in [4.78, 5) is 15.2. The molecule has 4 heteroatoms. The molecule has 0 radical (unpaired) electrons. The molecule has 2 heterocycles. The number of halogens is 1. The van der Waals surface area contributed by atoms with Crippen LogP contribution in [0.1, 0.15) is 25.7 Å². The summed E-state index contributed by atoms with van der Waals surface area (Å²) in [5.74, 6) is -0.361. The molecule has 0 saturated carbocycles. The molecular weight excluding hydrogens is 315 g/mol. The van der Waals surface area contributed by atoms with Crippen molar-refractivity contribution in [2.24, 2.45) is 0 Å². The van der Waals surface area contributed by atoms with Crippen molar-refractivity contribution in [3.8, 4) is 0 Å². The summed E-state index contributed by atoms with van der Waals surface area (Å²) >= 11 is 0. The average Bonchev–Trinajstić information content (AvgIpc) is 2.65. The van der Waals surface area contributed by atoms with Crippen molar-refractivity contribution >= 4 is 21.8 Å². The predicted molar refractivity (Wildman–Crippen MR) is 101 cm³/mol. The second-order valence-corrected chi connectivity index (χ2v) is 6.92. The standard InChI is InChI=1S/C21H23FN2O/c22-16-9-10-20-18(15-16)21(25)17-7-2-3-8-19(17)24(20)14-6-13-23-11-4-1-5-12-23/h2-3,7-10,15H,1,4-6,11-14H2. The SMILES string of the molecule is O=c1c2ccccc2n(CCCN2CCCCC2)c2ccc(F)cc12. The quantitative estimate of drug-likeness (QED) is 0.667. The molecule has 1 aliphatic heterocycles. The lowest BCUT2D eigenvalue weighted by Gasteiger charge is -2.26. The highest BCUT2D eigenvalue weighted by molar-refractivity contribution is 5.93. The smallest absolute Gasteiger partial charge is 0.197 e. The highest BCUT2D eigenvalue weighted by Gasteiger charge is 2.13. The summed E-state index contributed by atoms with van der Waals surface area (Å²) in [6.07, 6.45) is 4.96. The normalized spacial score (nSPS) is 15.9.